The highest BCUT2D eigenvalue weighted by molar-refractivity contribution is 5.76. The average molecular weight is 748 g/mol. The Labute approximate surface area is 333 Å². The molecule has 0 saturated heterocycles. The molecule has 0 aliphatic heterocycles. The van der Waals surface area contributed by atoms with Crippen LogP contribution in [0.5, 0.6) is 0 Å². The van der Waals surface area contributed by atoms with Crippen molar-refractivity contribution >= 4 is 5.91 Å². The molecule has 0 radical (unpaired) electrons. The minimum absolute atomic E-state index is 0.0289. The number of hydrogen-bond donors (Lipinski definition) is 3. The van der Waals surface area contributed by atoms with E-state index in [1.165, 1.54) is 225 Å². The monoisotopic (exact) mass is 748 g/mol. The van der Waals surface area contributed by atoms with Crippen molar-refractivity contribution in [2.24, 2.45) is 0 Å². The van der Waals surface area contributed by atoms with Crippen molar-refractivity contribution in [2.75, 3.05) is 6.61 Å². The molecule has 4 heteroatoms. The third kappa shape index (κ3) is 42.1. The highest BCUT2D eigenvalue weighted by atomic mass is 16.3. The van der Waals surface area contributed by atoms with E-state index < -0.39 is 12.1 Å². The van der Waals surface area contributed by atoms with E-state index in [9.17, 15) is 15.0 Å². The summed E-state index contributed by atoms with van der Waals surface area (Å²) in [5, 5.41) is 23.2. The van der Waals surface area contributed by atoms with Crippen LogP contribution in [0.25, 0.3) is 0 Å². The van der Waals surface area contributed by atoms with Crippen LogP contribution in [0.3, 0.4) is 0 Å². The van der Waals surface area contributed by atoms with Crippen LogP contribution in [0.2, 0.25) is 0 Å². The maximum Gasteiger partial charge on any atom is 0.220 e. The van der Waals surface area contributed by atoms with Crippen LogP contribution in [0.15, 0.2) is 12.2 Å². The van der Waals surface area contributed by atoms with Gasteiger partial charge in [0.25, 0.3) is 0 Å². The summed E-state index contributed by atoms with van der Waals surface area (Å²) < 4.78 is 0. The van der Waals surface area contributed by atoms with Gasteiger partial charge in [0, 0.05) is 6.42 Å². The number of carbonyl (C=O) groups is 1. The number of carbonyl (C=O) groups excluding carboxylic acids is 1. The average Bonchev–Trinajstić information content (AvgIpc) is 3.16. The van der Waals surface area contributed by atoms with E-state index in [-0.39, 0.29) is 12.5 Å². The first kappa shape index (κ1) is 52.1. The molecule has 0 bridgehead atoms. The maximum absolute atomic E-state index is 12.4. The van der Waals surface area contributed by atoms with E-state index in [0.29, 0.717) is 12.8 Å². The Bertz CT molecular complexity index is 725. The number of nitrogens with one attached hydrogen (secondary N) is 1. The van der Waals surface area contributed by atoms with Crippen molar-refractivity contribution in [1.82, 2.24) is 5.32 Å². The number of amides is 1. The number of rotatable bonds is 45. The van der Waals surface area contributed by atoms with Crippen LogP contribution in [0.4, 0.5) is 0 Å². The Morgan fingerprint density at radius 1 is 0.434 bits per heavy atom. The van der Waals surface area contributed by atoms with Gasteiger partial charge in [0.2, 0.25) is 5.91 Å². The number of allylic oxidation sites excluding steroid dienone is 2. The minimum Gasteiger partial charge on any atom is -0.394 e. The summed E-state index contributed by atoms with van der Waals surface area (Å²) in [5.74, 6) is -0.0289. The van der Waals surface area contributed by atoms with Gasteiger partial charge >= 0.3 is 0 Å². The Balaban J connectivity index is 3.45. The molecule has 0 aromatic rings. The number of aliphatic hydroxyl groups is 2. The normalized spacial score (nSPS) is 12.9. The van der Waals surface area contributed by atoms with Gasteiger partial charge < -0.3 is 15.5 Å². The van der Waals surface area contributed by atoms with Gasteiger partial charge in [-0.3, -0.25) is 4.79 Å². The Hall–Kier alpha value is -0.870. The quantitative estimate of drug-likeness (QED) is 0.0429. The van der Waals surface area contributed by atoms with E-state index in [1.54, 1.807) is 0 Å². The molecule has 1 amide bonds. The second-order valence-corrected chi connectivity index (χ2v) is 16.9. The van der Waals surface area contributed by atoms with E-state index in [4.69, 9.17) is 0 Å². The Morgan fingerprint density at radius 3 is 1.04 bits per heavy atom. The first-order valence-electron chi connectivity index (χ1n) is 24.4. The first-order valence-corrected chi connectivity index (χ1v) is 24.4. The largest absolute Gasteiger partial charge is 0.394 e. The van der Waals surface area contributed by atoms with E-state index >= 15 is 0 Å². The predicted molar refractivity (Wildman–Crippen MR) is 235 cm³/mol. The predicted octanol–water partition coefficient (Wildman–Crippen LogP) is 15.4. The zero-order valence-electron chi connectivity index (χ0n) is 36.3. The first-order chi connectivity index (χ1) is 26.2. The van der Waals surface area contributed by atoms with Crippen molar-refractivity contribution in [2.45, 2.75) is 289 Å². The maximum atomic E-state index is 12.4. The van der Waals surface area contributed by atoms with Crippen LogP contribution in [0, 0.1) is 0 Å². The molecule has 0 rings (SSSR count). The van der Waals surface area contributed by atoms with Crippen LogP contribution >= 0.6 is 0 Å². The summed E-state index contributed by atoms with van der Waals surface area (Å²) in [4.78, 5) is 12.4. The molecule has 0 heterocycles. The molecule has 0 aromatic carbocycles. The molecule has 0 aliphatic carbocycles. The lowest BCUT2D eigenvalue weighted by atomic mass is 10.0. The molecule has 0 saturated carbocycles. The molecule has 0 fully saturated rings. The lowest BCUT2D eigenvalue weighted by Crippen LogP contribution is -2.45. The number of hydrogen-bond acceptors (Lipinski definition) is 3. The van der Waals surface area contributed by atoms with Crippen LogP contribution < -0.4 is 5.32 Å². The lowest BCUT2D eigenvalue weighted by Gasteiger charge is -2.22. The fourth-order valence-corrected chi connectivity index (χ4v) is 7.77. The summed E-state index contributed by atoms with van der Waals surface area (Å²) in [6.45, 7) is 4.38. The van der Waals surface area contributed by atoms with Crippen molar-refractivity contribution in [3.05, 3.63) is 12.2 Å². The Kier molecular flexibility index (Phi) is 44.8. The Morgan fingerprint density at radius 2 is 0.717 bits per heavy atom. The topological polar surface area (TPSA) is 69.6 Å². The van der Waals surface area contributed by atoms with Gasteiger partial charge in [0.15, 0.2) is 0 Å². The molecular formula is C49H97NO3. The van der Waals surface area contributed by atoms with Gasteiger partial charge in [-0.1, -0.05) is 244 Å². The minimum atomic E-state index is -0.656. The third-order valence-corrected chi connectivity index (χ3v) is 11.5. The second-order valence-electron chi connectivity index (χ2n) is 16.9. The van der Waals surface area contributed by atoms with E-state index in [2.05, 4.69) is 31.3 Å². The SMILES string of the molecule is CCCCCCCCCCCCCC/C=C\CCCCCCCCCCCCC(=O)NC(CO)C(O)CCCCCCCCCCCCCCCCC. The lowest BCUT2D eigenvalue weighted by molar-refractivity contribution is -0.123. The van der Waals surface area contributed by atoms with Gasteiger partial charge in [0.1, 0.15) is 0 Å². The van der Waals surface area contributed by atoms with Gasteiger partial charge in [-0.15, -0.1) is 0 Å². The summed E-state index contributed by atoms with van der Waals surface area (Å²) in [7, 11) is 0. The molecule has 3 N–H and O–H groups in total. The van der Waals surface area contributed by atoms with Gasteiger partial charge in [-0.05, 0) is 38.5 Å². The number of aliphatic hydroxyl groups excluding tert-OH is 2. The standard InChI is InChI=1S/C49H97NO3/c1-3-5-7-9-11-13-15-17-19-20-21-22-23-24-25-26-27-28-29-31-33-35-37-39-41-43-45-49(53)50-47(46-51)48(52)44-42-40-38-36-34-32-30-18-16-14-12-10-8-6-4-2/h24-25,47-48,51-52H,3-23,26-46H2,1-2H3,(H,50,53)/b25-24-. The highest BCUT2D eigenvalue weighted by Gasteiger charge is 2.20. The smallest absolute Gasteiger partial charge is 0.220 e. The van der Waals surface area contributed by atoms with Crippen molar-refractivity contribution in [1.29, 1.82) is 0 Å². The van der Waals surface area contributed by atoms with Crippen LogP contribution in [0.1, 0.15) is 277 Å². The van der Waals surface area contributed by atoms with E-state index in [1.807, 2.05) is 0 Å². The molecule has 2 unspecified atom stereocenters. The van der Waals surface area contributed by atoms with E-state index in [0.717, 1.165) is 25.7 Å². The highest BCUT2D eigenvalue weighted by Crippen LogP contribution is 2.17. The van der Waals surface area contributed by atoms with Crippen molar-refractivity contribution < 1.29 is 15.0 Å². The van der Waals surface area contributed by atoms with Gasteiger partial charge in [-0.25, -0.2) is 0 Å². The zero-order chi connectivity index (χ0) is 38.6. The molecule has 2 atom stereocenters. The molecular weight excluding hydrogens is 651 g/mol. The molecule has 316 valence electrons. The summed E-state index contributed by atoms with van der Waals surface area (Å²) in [5.41, 5.74) is 0. The van der Waals surface area contributed by atoms with Gasteiger partial charge in [0.05, 0.1) is 18.8 Å². The fraction of sp³-hybridized carbons (Fsp3) is 0.939. The third-order valence-electron chi connectivity index (χ3n) is 11.5. The summed E-state index contributed by atoms with van der Waals surface area (Å²) in [6, 6.07) is -0.533. The fourth-order valence-electron chi connectivity index (χ4n) is 7.77. The zero-order valence-corrected chi connectivity index (χ0v) is 36.3. The van der Waals surface area contributed by atoms with Crippen molar-refractivity contribution in [3.63, 3.8) is 0 Å². The molecule has 53 heavy (non-hydrogen) atoms. The summed E-state index contributed by atoms with van der Waals surface area (Å²) in [6.07, 6.45) is 57.4. The van der Waals surface area contributed by atoms with Crippen LogP contribution in [-0.4, -0.2) is 34.9 Å². The van der Waals surface area contributed by atoms with Crippen molar-refractivity contribution in [3.8, 4) is 0 Å². The second kappa shape index (κ2) is 45.5. The number of unbranched alkanes of at least 4 members (excludes halogenated alkanes) is 36. The van der Waals surface area contributed by atoms with Gasteiger partial charge in [-0.2, -0.15) is 0 Å². The molecule has 0 spiro atoms. The van der Waals surface area contributed by atoms with Crippen LogP contribution in [-0.2, 0) is 4.79 Å². The molecule has 0 aromatic heterocycles. The summed E-state index contributed by atoms with van der Waals surface area (Å²) >= 11 is 0. The molecule has 4 nitrogen and oxygen atoms in total. The molecule has 0 aliphatic rings.